The second-order valence-corrected chi connectivity index (χ2v) is 9.22. The minimum Gasteiger partial charge on any atom is -0.497 e. The molecule has 0 aromatic heterocycles. The van der Waals surface area contributed by atoms with Gasteiger partial charge in [-0.25, -0.2) is 12.8 Å². The number of aliphatic hydroxyl groups is 1. The van der Waals surface area contributed by atoms with Crippen molar-refractivity contribution in [1.29, 1.82) is 0 Å². The number of rotatable bonds is 4. The van der Waals surface area contributed by atoms with Crippen LogP contribution in [0.15, 0.2) is 53.4 Å². The largest absolute Gasteiger partial charge is 0.497 e. The molecule has 4 rings (SSSR count). The predicted molar refractivity (Wildman–Crippen MR) is 98.3 cm³/mol. The molecule has 1 saturated heterocycles. The first-order valence-corrected chi connectivity index (χ1v) is 10.4. The molecule has 2 aromatic rings. The molecule has 1 N–H and O–H groups in total. The summed E-state index contributed by atoms with van der Waals surface area (Å²) in [7, 11) is -2.37. The van der Waals surface area contributed by atoms with Gasteiger partial charge in [0.2, 0.25) is 10.0 Å². The summed E-state index contributed by atoms with van der Waals surface area (Å²) in [4.78, 5) is -0.310. The molecule has 1 saturated carbocycles. The fourth-order valence-corrected chi connectivity index (χ4v) is 6.08. The highest BCUT2D eigenvalue weighted by Crippen LogP contribution is 2.51. The fourth-order valence-electron chi connectivity index (χ4n) is 4.50. The van der Waals surface area contributed by atoms with Gasteiger partial charge in [0.1, 0.15) is 16.5 Å². The van der Waals surface area contributed by atoms with Gasteiger partial charge in [0, 0.05) is 19.0 Å². The average Bonchev–Trinajstić information content (AvgIpc) is 3.24. The molecule has 0 spiro atoms. The highest BCUT2D eigenvalue weighted by Gasteiger charge is 2.54. The molecular weight excluding hydrogens is 369 g/mol. The summed E-state index contributed by atoms with van der Waals surface area (Å²) < 4.78 is 46.5. The standard InChI is InChI=1S/C20H22FNO4S/c1-26-16-6-4-5-15(11-16)20(23)10-9-14-12-22(13-17(14)20)27(24,25)19-8-3-2-7-18(19)21/h2-8,11,14,17,23H,9-10,12-13H2,1H3/t14-,17+,20+/m1/s1. The summed E-state index contributed by atoms with van der Waals surface area (Å²) in [6.07, 6.45) is 1.30. The topological polar surface area (TPSA) is 66.8 Å². The number of ether oxygens (including phenoxy) is 1. The molecule has 3 atom stereocenters. The lowest BCUT2D eigenvalue weighted by Gasteiger charge is -2.31. The lowest BCUT2D eigenvalue weighted by atomic mass is 9.82. The van der Waals surface area contributed by atoms with Crippen molar-refractivity contribution >= 4 is 10.0 Å². The number of benzene rings is 2. The first kappa shape index (κ1) is 18.4. The quantitative estimate of drug-likeness (QED) is 0.870. The van der Waals surface area contributed by atoms with Crippen molar-refractivity contribution in [1.82, 2.24) is 4.31 Å². The number of sulfonamides is 1. The third-order valence-corrected chi connectivity index (χ3v) is 7.81. The molecule has 0 unspecified atom stereocenters. The van der Waals surface area contributed by atoms with Crippen molar-refractivity contribution < 1.29 is 22.7 Å². The molecule has 1 aliphatic carbocycles. The Hall–Kier alpha value is -1.96. The molecule has 0 amide bonds. The van der Waals surface area contributed by atoms with E-state index >= 15 is 0 Å². The molecule has 2 aromatic carbocycles. The van der Waals surface area contributed by atoms with E-state index in [-0.39, 0.29) is 23.3 Å². The molecule has 27 heavy (non-hydrogen) atoms. The molecule has 1 heterocycles. The molecule has 144 valence electrons. The maximum Gasteiger partial charge on any atom is 0.246 e. The van der Waals surface area contributed by atoms with Crippen LogP contribution in [0.1, 0.15) is 18.4 Å². The summed E-state index contributed by atoms with van der Waals surface area (Å²) in [5.74, 6) is -0.287. The molecule has 7 heteroatoms. The maximum absolute atomic E-state index is 14.1. The maximum atomic E-state index is 14.1. The van der Waals surface area contributed by atoms with Gasteiger partial charge in [-0.1, -0.05) is 24.3 Å². The third kappa shape index (κ3) is 2.94. The van der Waals surface area contributed by atoms with E-state index in [1.807, 2.05) is 18.2 Å². The van der Waals surface area contributed by atoms with Crippen LogP contribution in [0.3, 0.4) is 0 Å². The van der Waals surface area contributed by atoms with Crippen LogP contribution in [0.25, 0.3) is 0 Å². The Labute approximate surface area is 158 Å². The Morgan fingerprint density at radius 3 is 2.70 bits per heavy atom. The number of fused-ring (bicyclic) bond motifs is 1. The molecule has 1 aliphatic heterocycles. The summed E-state index contributed by atoms with van der Waals surface area (Å²) in [5.41, 5.74) is -0.377. The second kappa shape index (κ2) is 6.58. The minimum absolute atomic E-state index is 0.0442. The van der Waals surface area contributed by atoms with E-state index in [2.05, 4.69) is 0 Å². The van der Waals surface area contributed by atoms with Crippen LogP contribution in [-0.4, -0.2) is 38.0 Å². The second-order valence-electron chi connectivity index (χ2n) is 7.31. The fraction of sp³-hybridized carbons (Fsp3) is 0.400. The smallest absolute Gasteiger partial charge is 0.246 e. The third-order valence-electron chi connectivity index (χ3n) is 5.94. The number of halogens is 1. The number of nitrogens with zero attached hydrogens (tertiary/aromatic N) is 1. The van der Waals surface area contributed by atoms with Gasteiger partial charge in [0.05, 0.1) is 12.7 Å². The Bertz CT molecular complexity index is 964. The van der Waals surface area contributed by atoms with Gasteiger partial charge in [-0.3, -0.25) is 0 Å². The van der Waals surface area contributed by atoms with E-state index in [1.165, 1.54) is 22.5 Å². The highest BCUT2D eigenvalue weighted by molar-refractivity contribution is 7.89. The van der Waals surface area contributed by atoms with Gasteiger partial charge in [-0.2, -0.15) is 4.31 Å². The normalized spacial score (nSPS) is 28.3. The van der Waals surface area contributed by atoms with Crippen molar-refractivity contribution in [3.05, 3.63) is 59.9 Å². The van der Waals surface area contributed by atoms with Crippen LogP contribution in [0.2, 0.25) is 0 Å². The van der Waals surface area contributed by atoms with Crippen molar-refractivity contribution in [2.75, 3.05) is 20.2 Å². The predicted octanol–water partition coefficient (Wildman–Crippen LogP) is 2.75. The zero-order chi connectivity index (χ0) is 19.2. The molecule has 2 aliphatic rings. The zero-order valence-corrected chi connectivity index (χ0v) is 15.8. The molecule has 0 radical (unpaired) electrons. The monoisotopic (exact) mass is 391 g/mol. The van der Waals surface area contributed by atoms with E-state index in [9.17, 15) is 17.9 Å². The van der Waals surface area contributed by atoms with Gasteiger partial charge in [0.25, 0.3) is 0 Å². The van der Waals surface area contributed by atoms with E-state index in [0.717, 1.165) is 18.1 Å². The van der Waals surface area contributed by atoms with E-state index in [4.69, 9.17) is 4.74 Å². The first-order chi connectivity index (χ1) is 12.9. The lowest BCUT2D eigenvalue weighted by molar-refractivity contribution is -0.00416. The Morgan fingerprint density at radius 1 is 1.19 bits per heavy atom. The molecule has 2 fully saturated rings. The lowest BCUT2D eigenvalue weighted by Crippen LogP contribution is -2.36. The van der Waals surface area contributed by atoms with Gasteiger partial charge >= 0.3 is 0 Å². The summed E-state index contributed by atoms with van der Waals surface area (Å²) >= 11 is 0. The Kier molecular flexibility index (Phi) is 4.49. The summed E-state index contributed by atoms with van der Waals surface area (Å²) in [6, 6.07) is 12.7. The van der Waals surface area contributed by atoms with Crippen molar-refractivity contribution in [3.63, 3.8) is 0 Å². The van der Waals surface area contributed by atoms with E-state index in [1.54, 1.807) is 13.2 Å². The SMILES string of the molecule is COc1cccc([C@@]2(O)CC[C@@H]3CN(S(=O)(=O)c4ccccc4F)C[C@@H]32)c1. The van der Waals surface area contributed by atoms with Crippen LogP contribution < -0.4 is 4.74 Å². The van der Waals surface area contributed by atoms with Gasteiger partial charge in [0.15, 0.2) is 0 Å². The highest BCUT2D eigenvalue weighted by atomic mass is 32.2. The van der Waals surface area contributed by atoms with E-state index < -0.39 is 21.4 Å². The van der Waals surface area contributed by atoms with Crippen LogP contribution in [0.5, 0.6) is 5.75 Å². The van der Waals surface area contributed by atoms with Crippen LogP contribution in [0.4, 0.5) is 4.39 Å². The van der Waals surface area contributed by atoms with Crippen molar-refractivity contribution in [3.8, 4) is 5.75 Å². The summed E-state index contributed by atoms with van der Waals surface area (Å²) in [5, 5.41) is 11.4. The van der Waals surface area contributed by atoms with Gasteiger partial charge < -0.3 is 9.84 Å². The van der Waals surface area contributed by atoms with Crippen molar-refractivity contribution in [2.45, 2.75) is 23.3 Å². The number of hydrogen-bond acceptors (Lipinski definition) is 4. The van der Waals surface area contributed by atoms with Crippen LogP contribution >= 0.6 is 0 Å². The molecular formula is C20H22FNO4S. The van der Waals surface area contributed by atoms with Gasteiger partial charge in [-0.05, 0) is 48.6 Å². The minimum atomic E-state index is -3.93. The first-order valence-electron chi connectivity index (χ1n) is 8.98. The summed E-state index contributed by atoms with van der Waals surface area (Å²) in [6.45, 7) is 0.475. The van der Waals surface area contributed by atoms with Crippen molar-refractivity contribution in [2.24, 2.45) is 11.8 Å². The van der Waals surface area contributed by atoms with Gasteiger partial charge in [-0.15, -0.1) is 0 Å². The van der Waals surface area contributed by atoms with Crippen LogP contribution in [-0.2, 0) is 15.6 Å². The van der Waals surface area contributed by atoms with E-state index in [0.29, 0.717) is 18.7 Å². The molecule has 5 nitrogen and oxygen atoms in total. The van der Waals surface area contributed by atoms with Crippen LogP contribution in [0, 0.1) is 17.7 Å². The Morgan fingerprint density at radius 2 is 1.96 bits per heavy atom. The average molecular weight is 391 g/mol. The zero-order valence-electron chi connectivity index (χ0n) is 15.0. The number of hydrogen-bond donors (Lipinski definition) is 1. The number of methoxy groups -OCH3 is 1. The Balaban J connectivity index is 1.64. The molecule has 0 bridgehead atoms.